The van der Waals surface area contributed by atoms with Crippen LogP contribution in [0.15, 0.2) is 96.1 Å². The van der Waals surface area contributed by atoms with Gasteiger partial charge in [0.15, 0.2) is 0 Å². The molecule has 0 spiro atoms. The van der Waals surface area contributed by atoms with Gasteiger partial charge in [0.2, 0.25) is 0 Å². The molecule has 0 fully saturated rings. The van der Waals surface area contributed by atoms with Crippen molar-refractivity contribution in [1.29, 1.82) is 0 Å². The van der Waals surface area contributed by atoms with E-state index in [-0.39, 0.29) is 5.91 Å². The molecule has 0 radical (unpaired) electrons. The van der Waals surface area contributed by atoms with Gasteiger partial charge in [0.25, 0.3) is 5.91 Å². The summed E-state index contributed by atoms with van der Waals surface area (Å²) in [5.74, 6) is 0.481. The average Bonchev–Trinajstić information content (AvgIpc) is 2.79. The standard InChI is InChI=1S/C25H19ClN2O2/c26-24-11-4-2-7-20(24)17-30-21-14-12-18(13-15-21)16-27-28-25(29)23-10-5-8-19-6-1-3-9-22(19)23/h1-16H,17H2,(H,28,29). The van der Waals surface area contributed by atoms with E-state index in [4.69, 9.17) is 16.3 Å². The number of hydrazone groups is 1. The Kier molecular flexibility index (Phi) is 6.06. The summed E-state index contributed by atoms with van der Waals surface area (Å²) < 4.78 is 5.77. The Labute approximate surface area is 179 Å². The van der Waals surface area contributed by atoms with Crippen molar-refractivity contribution in [3.8, 4) is 5.75 Å². The molecule has 0 bridgehead atoms. The van der Waals surface area contributed by atoms with Crippen molar-refractivity contribution >= 4 is 34.5 Å². The summed E-state index contributed by atoms with van der Waals surface area (Å²) in [5, 5.41) is 6.67. The van der Waals surface area contributed by atoms with E-state index in [2.05, 4.69) is 10.5 Å². The maximum Gasteiger partial charge on any atom is 0.271 e. The smallest absolute Gasteiger partial charge is 0.271 e. The third-order valence-electron chi connectivity index (χ3n) is 4.65. The van der Waals surface area contributed by atoms with E-state index in [1.54, 1.807) is 12.3 Å². The number of hydrogen-bond acceptors (Lipinski definition) is 3. The Hall–Kier alpha value is -3.63. The molecule has 0 saturated carbocycles. The first-order chi connectivity index (χ1) is 14.7. The Morgan fingerprint density at radius 3 is 2.47 bits per heavy atom. The van der Waals surface area contributed by atoms with Crippen LogP contribution >= 0.6 is 11.6 Å². The Bertz CT molecular complexity index is 1200. The largest absolute Gasteiger partial charge is 0.489 e. The molecule has 4 aromatic carbocycles. The predicted molar refractivity (Wildman–Crippen MR) is 121 cm³/mol. The van der Waals surface area contributed by atoms with Crippen molar-refractivity contribution in [2.24, 2.45) is 5.10 Å². The van der Waals surface area contributed by atoms with Gasteiger partial charge in [-0.3, -0.25) is 4.79 Å². The van der Waals surface area contributed by atoms with Crippen molar-refractivity contribution in [2.45, 2.75) is 6.61 Å². The zero-order valence-electron chi connectivity index (χ0n) is 16.1. The molecule has 0 atom stereocenters. The highest BCUT2D eigenvalue weighted by Gasteiger charge is 2.08. The number of nitrogens with zero attached hydrogens (tertiary/aromatic N) is 1. The number of ether oxygens (including phenoxy) is 1. The number of carbonyl (C=O) groups excluding carboxylic acids is 1. The van der Waals surface area contributed by atoms with Crippen molar-refractivity contribution in [2.75, 3.05) is 0 Å². The fraction of sp³-hybridized carbons (Fsp3) is 0.0400. The normalized spacial score (nSPS) is 11.0. The van der Waals surface area contributed by atoms with Crippen LogP contribution in [0, 0.1) is 0 Å². The first kappa shape index (κ1) is 19.7. The molecule has 4 nitrogen and oxygen atoms in total. The molecule has 4 aromatic rings. The lowest BCUT2D eigenvalue weighted by Crippen LogP contribution is -2.17. The second kappa shape index (κ2) is 9.25. The number of fused-ring (bicyclic) bond motifs is 1. The molecule has 0 heterocycles. The van der Waals surface area contributed by atoms with Crippen LogP contribution in [0.5, 0.6) is 5.75 Å². The summed E-state index contributed by atoms with van der Waals surface area (Å²) in [4.78, 5) is 12.5. The van der Waals surface area contributed by atoms with Crippen LogP contribution in [0.3, 0.4) is 0 Å². The fourth-order valence-corrected chi connectivity index (χ4v) is 3.27. The van der Waals surface area contributed by atoms with Crippen molar-refractivity contribution in [3.05, 3.63) is 113 Å². The minimum absolute atomic E-state index is 0.247. The first-order valence-electron chi connectivity index (χ1n) is 9.48. The van der Waals surface area contributed by atoms with Crippen LogP contribution in [0.1, 0.15) is 21.5 Å². The van der Waals surface area contributed by atoms with Gasteiger partial charge in [0, 0.05) is 16.1 Å². The summed E-state index contributed by atoms with van der Waals surface area (Å²) in [6, 6.07) is 28.4. The number of nitrogens with one attached hydrogen (secondary N) is 1. The van der Waals surface area contributed by atoms with Crippen molar-refractivity contribution < 1.29 is 9.53 Å². The lowest BCUT2D eigenvalue weighted by atomic mass is 10.0. The summed E-state index contributed by atoms with van der Waals surface area (Å²) in [5.41, 5.74) is 4.96. The number of hydrogen-bond donors (Lipinski definition) is 1. The van der Waals surface area contributed by atoms with E-state index in [9.17, 15) is 4.79 Å². The molecule has 1 amide bonds. The maximum absolute atomic E-state index is 12.5. The molecule has 148 valence electrons. The van der Waals surface area contributed by atoms with E-state index in [1.807, 2.05) is 84.9 Å². The van der Waals surface area contributed by atoms with Crippen molar-refractivity contribution in [3.63, 3.8) is 0 Å². The summed E-state index contributed by atoms with van der Waals surface area (Å²) >= 11 is 6.14. The highest BCUT2D eigenvalue weighted by molar-refractivity contribution is 6.31. The van der Waals surface area contributed by atoms with E-state index in [0.717, 1.165) is 27.6 Å². The SMILES string of the molecule is O=C(NN=Cc1ccc(OCc2ccccc2Cl)cc1)c1cccc2ccccc12. The van der Waals surface area contributed by atoms with E-state index >= 15 is 0 Å². The van der Waals surface area contributed by atoms with E-state index in [1.165, 1.54) is 0 Å². The van der Waals surface area contributed by atoms with Gasteiger partial charge in [0.05, 0.1) is 6.21 Å². The predicted octanol–water partition coefficient (Wildman–Crippen LogP) is 5.84. The molecule has 0 aromatic heterocycles. The minimum Gasteiger partial charge on any atom is -0.489 e. The monoisotopic (exact) mass is 414 g/mol. The highest BCUT2D eigenvalue weighted by Crippen LogP contribution is 2.19. The highest BCUT2D eigenvalue weighted by atomic mass is 35.5. The number of amides is 1. The second-order valence-electron chi connectivity index (χ2n) is 6.67. The Morgan fingerprint density at radius 2 is 1.63 bits per heavy atom. The van der Waals surface area contributed by atoms with Crippen LogP contribution in [0.25, 0.3) is 10.8 Å². The number of carbonyl (C=O) groups is 1. The van der Waals surface area contributed by atoms with Crippen LogP contribution in [-0.4, -0.2) is 12.1 Å². The quantitative estimate of drug-likeness (QED) is 0.318. The van der Waals surface area contributed by atoms with E-state index < -0.39 is 0 Å². The average molecular weight is 415 g/mol. The van der Waals surface area contributed by atoms with Gasteiger partial charge in [-0.15, -0.1) is 0 Å². The van der Waals surface area contributed by atoms with Gasteiger partial charge < -0.3 is 4.74 Å². The van der Waals surface area contributed by atoms with Gasteiger partial charge in [-0.1, -0.05) is 66.2 Å². The topological polar surface area (TPSA) is 50.7 Å². The second-order valence-corrected chi connectivity index (χ2v) is 7.08. The zero-order valence-corrected chi connectivity index (χ0v) is 16.8. The van der Waals surface area contributed by atoms with Gasteiger partial charge in [-0.25, -0.2) is 5.43 Å². The molecule has 0 aliphatic carbocycles. The fourth-order valence-electron chi connectivity index (χ4n) is 3.08. The van der Waals surface area contributed by atoms with Crippen LogP contribution < -0.4 is 10.2 Å². The van der Waals surface area contributed by atoms with Gasteiger partial charge in [-0.2, -0.15) is 5.10 Å². The van der Waals surface area contributed by atoms with Crippen LogP contribution in [-0.2, 0) is 6.61 Å². The first-order valence-corrected chi connectivity index (χ1v) is 9.86. The molecule has 0 aliphatic heterocycles. The van der Waals surface area contributed by atoms with Crippen molar-refractivity contribution in [1.82, 2.24) is 5.43 Å². The third kappa shape index (κ3) is 4.67. The van der Waals surface area contributed by atoms with Gasteiger partial charge >= 0.3 is 0 Å². The minimum atomic E-state index is -0.247. The number of rotatable bonds is 6. The molecule has 0 saturated heterocycles. The van der Waals surface area contributed by atoms with Crippen LogP contribution in [0.4, 0.5) is 0 Å². The maximum atomic E-state index is 12.5. The zero-order chi connectivity index (χ0) is 20.8. The molecule has 0 unspecified atom stereocenters. The lowest BCUT2D eigenvalue weighted by Gasteiger charge is -2.08. The molecule has 1 N–H and O–H groups in total. The Balaban J connectivity index is 1.36. The van der Waals surface area contributed by atoms with E-state index in [0.29, 0.717) is 17.2 Å². The molecule has 4 rings (SSSR count). The number of benzene rings is 4. The summed E-state index contributed by atoms with van der Waals surface area (Å²) in [6.45, 7) is 0.397. The molecular formula is C25H19ClN2O2. The molecular weight excluding hydrogens is 396 g/mol. The van der Waals surface area contributed by atoms with Crippen LogP contribution in [0.2, 0.25) is 5.02 Å². The third-order valence-corrected chi connectivity index (χ3v) is 5.01. The molecule has 5 heteroatoms. The number of halogens is 1. The van der Waals surface area contributed by atoms with Gasteiger partial charge in [-0.05, 0) is 52.7 Å². The Morgan fingerprint density at radius 1 is 0.900 bits per heavy atom. The molecule has 30 heavy (non-hydrogen) atoms. The molecule has 0 aliphatic rings. The van der Waals surface area contributed by atoms with Gasteiger partial charge in [0.1, 0.15) is 12.4 Å². The summed E-state index contributed by atoms with van der Waals surface area (Å²) in [6.07, 6.45) is 1.60. The summed E-state index contributed by atoms with van der Waals surface area (Å²) in [7, 11) is 0. The lowest BCUT2D eigenvalue weighted by molar-refractivity contribution is 0.0957.